The Kier molecular flexibility index (Phi) is 3.93. The van der Waals surface area contributed by atoms with E-state index in [4.69, 9.17) is 5.11 Å². The molecule has 0 unspecified atom stereocenters. The van der Waals surface area contributed by atoms with Gasteiger partial charge in [0, 0.05) is 18.9 Å². The van der Waals surface area contributed by atoms with E-state index in [1.807, 2.05) is 0 Å². The fourth-order valence-electron chi connectivity index (χ4n) is 1.36. The second-order valence-corrected chi connectivity index (χ2v) is 6.28. The summed E-state index contributed by atoms with van der Waals surface area (Å²) in [5.74, 6) is -1.37. The van der Waals surface area contributed by atoms with Crippen molar-refractivity contribution in [3.63, 3.8) is 0 Å². The zero-order chi connectivity index (χ0) is 13.9. The lowest BCUT2D eigenvalue weighted by molar-refractivity contribution is 0.0687. The van der Waals surface area contributed by atoms with E-state index < -0.39 is 21.7 Å². The Morgan fingerprint density at radius 3 is 2.95 bits per heavy atom. The maximum absolute atomic E-state index is 11.9. The number of sulfonamides is 1. The average molecular weight is 302 g/mol. The molecular formula is C9H10N4O4S2. The van der Waals surface area contributed by atoms with Gasteiger partial charge in [0.25, 0.3) is 10.0 Å². The summed E-state index contributed by atoms with van der Waals surface area (Å²) >= 11 is 0.768. The fraction of sp³-hybridized carbons (Fsp3) is 0.222. The lowest BCUT2D eigenvalue weighted by Gasteiger charge is -2.05. The fourth-order valence-corrected chi connectivity index (χ4v) is 3.57. The molecule has 2 N–H and O–H groups in total. The SMILES string of the molecule is O=C(O)c1ncsc1S(=O)(=O)NCCn1cccn1. The van der Waals surface area contributed by atoms with Crippen molar-refractivity contribution in [3.05, 3.63) is 29.7 Å². The molecule has 2 rings (SSSR count). The van der Waals surface area contributed by atoms with Crippen LogP contribution in [0.1, 0.15) is 10.5 Å². The molecule has 10 heteroatoms. The largest absolute Gasteiger partial charge is 0.476 e. The number of thiazole rings is 1. The molecule has 2 aromatic rings. The van der Waals surface area contributed by atoms with E-state index in [1.54, 1.807) is 23.1 Å². The lowest BCUT2D eigenvalue weighted by atomic mass is 10.5. The maximum Gasteiger partial charge on any atom is 0.356 e. The van der Waals surface area contributed by atoms with E-state index in [9.17, 15) is 13.2 Å². The zero-order valence-corrected chi connectivity index (χ0v) is 11.2. The van der Waals surface area contributed by atoms with Crippen molar-refractivity contribution in [2.24, 2.45) is 0 Å². The summed E-state index contributed by atoms with van der Waals surface area (Å²) in [7, 11) is -3.86. The van der Waals surface area contributed by atoms with Crippen LogP contribution in [0, 0.1) is 0 Å². The van der Waals surface area contributed by atoms with Crippen molar-refractivity contribution in [1.82, 2.24) is 19.5 Å². The Balaban J connectivity index is 2.06. The van der Waals surface area contributed by atoms with Crippen LogP contribution >= 0.6 is 11.3 Å². The third-order valence-electron chi connectivity index (χ3n) is 2.17. The lowest BCUT2D eigenvalue weighted by Crippen LogP contribution is -2.28. The number of hydrogen-bond acceptors (Lipinski definition) is 6. The second-order valence-electron chi connectivity index (χ2n) is 3.46. The van der Waals surface area contributed by atoms with Crippen LogP contribution in [0.3, 0.4) is 0 Å². The Morgan fingerprint density at radius 2 is 2.32 bits per heavy atom. The Hall–Kier alpha value is -1.78. The van der Waals surface area contributed by atoms with Crippen LogP contribution in [-0.4, -0.2) is 40.8 Å². The molecule has 0 atom stereocenters. The van der Waals surface area contributed by atoms with Gasteiger partial charge in [-0.05, 0) is 6.07 Å². The number of carbonyl (C=O) groups is 1. The minimum Gasteiger partial charge on any atom is -0.476 e. The van der Waals surface area contributed by atoms with Crippen LogP contribution in [0.15, 0.2) is 28.2 Å². The summed E-state index contributed by atoms with van der Waals surface area (Å²) in [5.41, 5.74) is 0.725. The quantitative estimate of drug-likeness (QED) is 0.777. The molecule has 0 amide bonds. The third kappa shape index (κ3) is 3.16. The normalized spacial score (nSPS) is 11.6. The molecule has 19 heavy (non-hydrogen) atoms. The highest BCUT2D eigenvalue weighted by Gasteiger charge is 2.25. The first kappa shape index (κ1) is 13.6. The molecule has 2 aromatic heterocycles. The molecule has 0 aromatic carbocycles. The molecule has 8 nitrogen and oxygen atoms in total. The molecule has 2 heterocycles. The number of carboxylic acids is 1. The van der Waals surface area contributed by atoms with Crippen LogP contribution in [0.5, 0.6) is 0 Å². The predicted molar refractivity (Wildman–Crippen MR) is 66.5 cm³/mol. The molecule has 0 aliphatic heterocycles. The summed E-state index contributed by atoms with van der Waals surface area (Å²) in [6, 6.07) is 1.72. The minimum atomic E-state index is -3.86. The van der Waals surface area contributed by atoms with Crippen molar-refractivity contribution in [3.8, 4) is 0 Å². The number of hydrogen-bond donors (Lipinski definition) is 2. The monoisotopic (exact) mass is 302 g/mol. The van der Waals surface area contributed by atoms with E-state index in [0.717, 1.165) is 11.3 Å². The highest BCUT2D eigenvalue weighted by Crippen LogP contribution is 2.19. The maximum atomic E-state index is 11.9. The van der Waals surface area contributed by atoms with Crippen molar-refractivity contribution in [2.75, 3.05) is 6.54 Å². The van der Waals surface area contributed by atoms with Crippen LogP contribution < -0.4 is 4.72 Å². The molecular weight excluding hydrogens is 292 g/mol. The first-order valence-corrected chi connectivity index (χ1v) is 7.51. The molecule has 0 bridgehead atoms. The van der Waals surface area contributed by atoms with Gasteiger partial charge in [-0.15, -0.1) is 11.3 Å². The topological polar surface area (TPSA) is 114 Å². The Morgan fingerprint density at radius 1 is 1.53 bits per heavy atom. The van der Waals surface area contributed by atoms with Gasteiger partial charge in [0.1, 0.15) is 0 Å². The van der Waals surface area contributed by atoms with Gasteiger partial charge >= 0.3 is 5.97 Å². The molecule has 102 valence electrons. The van der Waals surface area contributed by atoms with Gasteiger partial charge in [0.2, 0.25) is 0 Å². The standard InChI is InChI=1S/C9H10N4O4S2/c14-8(15)7-9(18-6-10-7)19(16,17)12-3-5-13-4-1-2-11-13/h1-2,4,6,12H,3,5H2,(H,14,15). The summed E-state index contributed by atoms with van der Waals surface area (Å²) in [5, 5.41) is 12.8. The van der Waals surface area contributed by atoms with Crippen molar-refractivity contribution >= 4 is 27.3 Å². The smallest absolute Gasteiger partial charge is 0.356 e. The molecule has 0 spiro atoms. The number of aromatic nitrogens is 3. The van der Waals surface area contributed by atoms with Crippen LogP contribution in [0.25, 0.3) is 0 Å². The number of nitrogens with one attached hydrogen (secondary N) is 1. The molecule has 0 saturated heterocycles. The van der Waals surface area contributed by atoms with Gasteiger partial charge in [0.15, 0.2) is 9.90 Å². The van der Waals surface area contributed by atoms with Crippen molar-refractivity contribution in [2.45, 2.75) is 10.8 Å². The third-order valence-corrected chi connectivity index (χ3v) is 5.00. The van der Waals surface area contributed by atoms with E-state index in [1.165, 1.54) is 5.51 Å². The summed E-state index contributed by atoms with van der Waals surface area (Å²) in [6.45, 7) is 0.467. The molecule has 0 fully saturated rings. The highest BCUT2D eigenvalue weighted by molar-refractivity contribution is 7.91. The molecule has 0 aliphatic carbocycles. The molecule has 0 aliphatic rings. The average Bonchev–Trinajstić information content (AvgIpc) is 2.99. The predicted octanol–water partition coefficient (Wildman–Crippen LogP) is 0.0163. The Labute approximate surface area is 112 Å². The highest BCUT2D eigenvalue weighted by atomic mass is 32.2. The first-order valence-electron chi connectivity index (χ1n) is 5.14. The van der Waals surface area contributed by atoms with Gasteiger partial charge in [0.05, 0.1) is 12.1 Å². The Bertz CT molecular complexity index is 662. The number of nitrogens with zero attached hydrogens (tertiary/aromatic N) is 3. The van der Waals surface area contributed by atoms with E-state index >= 15 is 0 Å². The summed E-state index contributed by atoms with van der Waals surface area (Å²) < 4.78 is 27.4. The van der Waals surface area contributed by atoms with Crippen LogP contribution in [-0.2, 0) is 16.6 Å². The number of aromatic carboxylic acids is 1. The summed E-state index contributed by atoms with van der Waals surface area (Å²) in [4.78, 5) is 14.4. The number of rotatable bonds is 6. The van der Waals surface area contributed by atoms with Crippen LogP contribution in [0.4, 0.5) is 0 Å². The van der Waals surface area contributed by atoms with E-state index in [-0.39, 0.29) is 10.8 Å². The van der Waals surface area contributed by atoms with E-state index in [2.05, 4.69) is 14.8 Å². The van der Waals surface area contributed by atoms with Gasteiger partial charge in [-0.3, -0.25) is 4.68 Å². The summed E-state index contributed by atoms with van der Waals surface area (Å²) in [6.07, 6.45) is 3.28. The van der Waals surface area contributed by atoms with Gasteiger partial charge < -0.3 is 5.11 Å². The zero-order valence-electron chi connectivity index (χ0n) is 9.55. The van der Waals surface area contributed by atoms with Gasteiger partial charge in [-0.25, -0.2) is 22.9 Å². The van der Waals surface area contributed by atoms with E-state index in [0.29, 0.717) is 6.54 Å². The first-order chi connectivity index (χ1) is 9.00. The van der Waals surface area contributed by atoms with Crippen molar-refractivity contribution < 1.29 is 18.3 Å². The number of carboxylic acid groups (broad SMARTS) is 1. The van der Waals surface area contributed by atoms with Crippen molar-refractivity contribution in [1.29, 1.82) is 0 Å². The second kappa shape index (κ2) is 5.47. The minimum absolute atomic E-state index is 0.112. The molecule has 0 radical (unpaired) electrons. The molecule has 0 saturated carbocycles. The van der Waals surface area contributed by atoms with Gasteiger partial charge in [-0.2, -0.15) is 5.10 Å². The van der Waals surface area contributed by atoms with Crippen LogP contribution in [0.2, 0.25) is 0 Å². The van der Waals surface area contributed by atoms with Gasteiger partial charge in [-0.1, -0.05) is 0 Å².